The van der Waals surface area contributed by atoms with Gasteiger partial charge in [-0.2, -0.15) is 0 Å². The fourth-order valence-electron chi connectivity index (χ4n) is 2.24. The minimum Gasteiger partial charge on any atom is -0.310 e. The number of rotatable bonds is 5. The standard InChI is InChI=1S/C16H15ClF3N/c1-2-21-16(13-5-3-12(19)9-14(13)17)8-10-7-11(18)4-6-15(10)20/h3-7,9,16,21H,2,8H2,1H3. The molecular weight excluding hydrogens is 299 g/mol. The maximum absolute atomic E-state index is 13.8. The summed E-state index contributed by atoms with van der Waals surface area (Å²) in [6.45, 7) is 2.52. The Balaban J connectivity index is 2.32. The first-order valence-corrected chi connectivity index (χ1v) is 7.01. The number of likely N-dealkylation sites (N-methyl/N-ethyl adjacent to an activating group) is 1. The normalized spacial score (nSPS) is 12.4. The van der Waals surface area contributed by atoms with Gasteiger partial charge in [0.2, 0.25) is 0 Å². The van der Waals surface area contributed by atoms with E-state index in [1.807, 2.05) is 6.92 Å². The van der Waals surface area contributed by atoms with E-state index >= 15 is 0 Å². The topological polar surface area (TPSA) is 12.0 Å². The second kappa shape index (κ2) is 6.96. The number of nitrogens with one attached hydrogen (secondary N) is 1. The van der Waals surface area contributed by atoms with Crippen molar-refractivity contribution in [3.8, 4) is 0 Å². The van der Waals surface area contributed by atoms with E-state index in [2.05, 4.69) is 5.32 Å². The summed E-state index contributed by atoms with van der Waals surface area (Å²) in [5.41, 5.74) is 0.907. The third-order valence-corrected chi connectivity index (χ3v) is 3.55. The molecular formula is C16H15ClF3N. The molecule has 0 aromatic heterocycles. The first-order chi connectivity index (χ1) is 10.0. The van der Waals surface area contributed by atoms with Crippen LogP contribution in [0.4, 0.5) is 13.2 Å². The molecule has 21 heavy (non-hydrogen) atoms. The van der Waals surface area contributed by atoms with Gasteiger partial charge in [-0.1, -0.05) is 24.6 Å². The van der Waals surface area contributed by atoms with Crippen molar-refractivity contribution >= 4 is 11.6 Å². The van der Waals surface area contributed by atoms with Gasteiger partial charge in [0.15, 0.2) is 0 Å². The van der Waals surface area contributed by atoms with E-state index in [9.17, 15) is 13.2 Å². The van der Waals surface area contributed by atoms with Crippen LogP contribution in [0.2, 0.25) is 5.02 Å². The lowest BCUT2D eigenvalue weighted by Gasteiger charge is -2.20. The van der Waals surface area contributed by atoms with Crippen LogP contribution in [0.25, 0.3) is 0 Å². The van der Waals surface area contributed by atoms with Crippen LogP contribution in [0.5, 0.6) is 0 Å². The summed E-state index contributed by atoms with van der Waals surface area (Å²) in [7, 11) is 0. The van der Waals surface area contributed by atoms with Crippen LogP contribution in [0, 0.1) is 17.5 Å². The molecule has 0 amide bonds. The predicted molar refractivity (Wildman–Crippen MR) is 77.9 cm³/mol. The van der Waals surface area contributed by atoms with E-state index in [0.717, 1.165) is 18.2 Å². The van der Waals surface area contributed by atoms with Crippen molar-refractivity contribution in [3.05, 3.63) is 70.0 Å². The number of hydrogen-bond donors (Lipinski definition) is 1. The zero-order valence-electron chi connectivity index (χ0n) is 11.5. The molecule has 0 aliphatic carbocycles. The van der Waals surface area contributed by atoms with Gasteiger partial charge >= 0.3 is 0 Å². The highest BCUT2D eigenvalue weighted by molar-refractivity contribution is 6.31. The van der Waals surface area contributed by atoms with Crippen LogP contribution in [-0.2, 0) is 6.42 Å². The first kappa shape index (κ1) is 15.9. The molecule has 2 rings (SSSR count). The Morgan fingerprint density at radius 3 is 2.38 bits per heavy atom. The third-order valence-electron chi connectivity index (χ3n) is 3.22. The van der Waals surface area contributed by atoms with Gasteiger partial charge in [0.1, 0.15) is 17.5 Å². The van der Waals surface area contributed by atoms with Crippen molar-refractivity contribution in [2.24, 2.45) is 0 Å². The lowest BCUT2D eigenvalue weighted by molar-refractivity contribution is 0.521. The van der Waals surface area contributed by atoms with Crippen LogP contribution in [-0.4, -0.2) is 6.54 Å². The Labute approximate surface area is 126 Å². The molecule has 0 bridgehead atoms. The fourth-order valence-corrected chi connectivity index (χ4v) is 2.54. The maximum atomic E-state index is 13.8. The van der Waals surface area contributed by atoms with Crippen molar-refractivity contribution in [3.63, 3.8) is 0 Å². The minimum atomic E-state index is -0.494. The molecule has 0 spiro atoms. The summed E-state index contributed by atoms with van der Waals surface area (Å²) < 4.78 is 40.1. The fraction of sp³-hybridized carbons (Fsp3) is 0.250. The molecule has 0 heterocycles. The number of benzene rings is 2. The average molecular weight is 314 g/mol. The summed E-state index contributed by atoms with van der Waals surface area (Å²) in [6, 6.07) is 7.08. The van der Waals surface area contributed by atoms with Crippen LogP contribution >= 0.6 is 11.6 Å². The van der Waals surface area contributed by atoms with E-state index in [1.165, 1.54) is 12.1 Å². The Bertz CT molecular complexity index is 631. The Morgan fingerprint density at radius 1 is 1.05 bits per heavy atom. The first-order valence-electron chi connectivity index (χ1n) is 6.63. The van der Waals surface area contributed by atoms with Crippen molar-refractivity contribution in [2.45, 2.75) is 19.4 Å². The number of hydrogen-bond acceptors (Lipinski definition) is 1. The SMILES string of the molecule is CCNC(Cc1cc(F)ccc1F)c1ccc(F)cc1Cl. The quantitative estimate of drug-likeness (QED) is 0.847. The van der Waals surface area contributed by atoms with E-state index in [1.54, 1.807) is 6.07 Å². The van der Waals surface area contributed by atoms with Gasteiger partial charge < -0.3 is 5.32 Å². The molecule has 1 N–H and O–H groups in total. The van der Waals surface area contributed by atoms with Gasteiger partial charge in [0.25, 0.3) is 0 Å². The molecule has 0 radical (unpaired) electrons. The van der Waals surface area contributed by atoms with Crippen molar-refractivity contribution in [1.29, 1.82) is 0 Å². The number of halogens is 4. The molecule has 1 unspecified atom stereocenters. The average Bonchev–Trinajstić information content (AvgIpc) is 2.42. The molecule has 1 atom stereocenters. The third kappa shape index (κ3) is 3.99. The van der Waals surface area contributed by atoms with Gasteiger partial charge in [-0.05, 0) is 54.4 Å². The molecule has 0 saturated carbocycles. The van der Waals surface area contributed by atoms with Gasteiger partial charge in [0.05, 0.1) is 0 Å². The Kier molecular flexibility index (Phi) is 5.26. The molecule has 2 aromatic rings. The van der Waals surface area contributed by atoms with Crippen LogP contribution in [0.1, 0.15) is 24.1 Å². The summed E-state index contributed by atoms with van der Waals surface area (Å²) in [5, 5.41) is 3.42. The molecule has 0 aliphatic rings. The summed E-state index contributed by atoms with van der Waals surface area (Å²) in [5.74, 6) is -1.40. The van der Waals surface area contributed by atoms with Crippen molar-refractivity contribution in [1.82, 2.24) is 5.32 Å². The van der Waals surface area contributed by atoms with Gasteiger partial charge in [0, 0.05) is 11.1 Å². The van der Waals surface area contributed by atoms with E-state index in [0.29, 0.717) is 12.1 Å². The van der Waals surface area contributed by atoms with E-state index < -0.39 is 17.5 Å². The molecule has 2 aromatic carbocycles. The Morgan fingerprint density at radius 2 is 1.71 bits per heavy atom. The molecule has 1 nitrogen and oxygen atoms in total. The maximum Gasteiger partial charge on any atom is 0.126 e. The predicted octanol–water partition coefficient (Wildman–Crippen LogP) is 4.65. The van der Waals surface area contributed by atoms with Crippen molar-refractivity contribution < 1.29 is 13.2 Å². The van der Waals surface area contributed by atoms with Gasteiger partial charge in [-0.3, -0.25) is 0 Å². The molecule has 0 fully saturated rings. The van der Waals surface area contributed by atoms with Crippen LogP contribution in [0.3, 0.4) is 0 Å². The highest BCUT2D eigenvalue weighted by atomic mass is 35.5. The highest BCUT2D eigenvalue weighted by Crippen LogP contribution is 2.27. The van der Waals surface area contributed by atoms with Gasteiger partial charge in [-0.15, -0.1) is 0 Å². The minimum absolute atomic E-state index is 0.225. The van der Waals surface area contributed by atoms with Crippen LogP contribution in [0.15, 0.2) is 36.4 Å². The monoisotopic (exact) mass is 313 g/mol. The largest absolute Gasteiger partial charge is 0.310 e. The lowest BCUT2D eigenvalue weighted by Crippen LogP contribution is -2.23. The highest BCUT2D eigenvalue weighted by Gasteiger charge is 2.17. The second-order valence-electron chi connectivity index (χ2n) is 4.72. The second-order valence-corrected chi connectivity index (χ2v) is 5.12. The van der Waals surface area contributed by atoms with E-state index in [-0.39, 0.29) is 23.0 Å². The smallest absolute Gasteiger partial charge is 0.126 e. The van der Waals surface area contributed by atoms with Crippen molar-refractivity contribution in [2.75, 3.05) is 6.54 Å². The van der Waals surface area contributed by atoms with Crippen LogP contribution < -0.4 is 5.32 Å². The molecule has 112 valence electrons. The molecule has 5 heteroatoms. The van der Waals surface area contributed by atoms with E-state index in [4.69, 9.17) is 11.6 Å². The van der Waals surface area contributed by atoms with Gasteiger partial charge in [-0.25, -0.2) is 13.2 Å². The Hall–Kier alpha value is -1.52. The summed E-state index contributed by atoms with van der Waals surface area (Å²) in [4.78, 5) is 0. The summed E-state index contributed by atoms with van der Waals surface area (Å²) >= 11 is 6.05. The molecule has 0 saturated heterocycles. The zero-order chi connectivity index (χ0) is 15.4. The lowest BCUT2D eigenvalue weighted by atomic mass is 9.98. The summed E-state index contributed by atoms with van der Waals surface area (Å²) in [6.07, 6.45) is 0.225. The molecule has 0 aliphatic heterocycles. The zero-order valence-corrected chi connectivity index (χ0v) is 12.2.